The van der Waals surface area contributed by atoms with Crippen molar-refractivity contribution in [3.8, 4) is 0 Å². The number of rotatable bonds is 28. The third-order valence-electron chi connectivity index (χ3n) is 7.54. The van der Waals surface area contributed by atoms with Crippen LogP contribution in [0.4, 0.5) is 4.79 Å². The van der Waals surface area contributed by atoms with Gasteiger partial charge < -0.3 is 15.0 Å². The highest BCUT2D eigenvalue weighted by molar-refractivity contribution is 5.67. The van der Waals surface area contributed by atoms with Gasteiger partial charge in [-0.3, -0.25) is 0 Å². The van der Waals surface area contributed by atoms with E-state index < -0.39 is 0 Å². The first-order valence-corrected chi connectivity index (χ1v) is 17.1. The fourth-order valence-electron chi connectivity index (χ4n) is 4.97. The van der Waals surface area contributed by atoms with Crippen molar-refractivity contribution >= 4 is 6.09 Å². The lowest BCUT2D eigenvalue weighted by molar-refractivity contribution is 0.0490. The van der Waals surface area contributed by atoms with E-state index in [2.05, 4.69) is 67.4 Å². The van der Waals surface area contributed by atoms with Crippen LogP contribution in [0, 0.1) is 5.92 Å². The third-order valence-corrected chi connectivity index (χ3v) is 7.54. The van der Waals surface area contributed by atoms with Gasteiger partial charge in [-0.05, 0) is 110 Å². The van der Waals surface area contributed by atoms with Gasteiger partial charge in [0.15, 0.2) is 0 Å². The number of alkyl carbamates (subject to hydrolysis) is 1. The predicted molar refractivity (Wildman–Crippen MR) is 177 cm³/mol. The van der Waals surface area contributed by atoms with Crippen LogP contribution in [-0.2, 0) is 4.74 Å². The van der Waals surface area contributed by atoms with Crippen molar-refractivity contribution in [3.63, 3.8) is 0 Å². The first kappa shape index (κ1) is 38.5. The molecule has 0 aliphatic carbocycles. The van der Waals surface area contributed by atoms with E-state index in [1.807, 2.05) is 14.1 Å². The first-order valence-electron chi connectivity index (χ1n) is 17.1. The van der Waals surface area contributed by atoms with E-state index in [0.29, 0.717) is 12.5 Å². The highest BCUT2D eigenvalue weighted by atomic mass is 16.6. The Hall–Kier alpha value is -1.55. The van der Waals surface area contributed by atoms with Gasteiger partial charge in [0, 0.05) is 13.1 Å². The largest absolute Gasteiger partial charge is 0.446 e. The van der Waals surface area contributed by atoms with Crippen LogP contribution in [0.2, 0.25) is 0 Å². The van der Waals surface area contributed by atoms with Crippen molar-refractivity contribution in [3.05, 3.63) is 36.5 Å². The Kier molecular flexibility index (Phi) is 29.2. The molecule has 4 heteroatoms. The van der Waals surface area contributed by atoms with Gasteiger partial charge >= 0.3 is 6.09 Å². The van der Waals surface area contributed by atoms with E-state index >= 15 is 0 Å². The van der Waals surface area contributed by atoms with Crippen molar-refractivity contribution in [1.82, 2.24) is 10.2 Å². The number of nitrogens with one attached hydrogen (secondary N) is 1. The minimum Gasteiger partial charge on any atom is -0.446 e. The molecule has 0 saturated carbocycles. The number of amides is 1. The quantitative estimate of drug-likeness (QED) is 0.0764. The molecule has 0 heterocycles. The van der Waals surface area contributed by atoms with Crippen LogP contribution in [0.25, 0.3) is 0 Å². The van der Waals surface area contributed by atoms with Crippen molar-refractivity contribution in [1.29, 1.82) is 0 Å². The van der Waals surface area contributed by atoms with E-state index in [4.69, 9.17) is 4.74 Å². The number of allylic oxidation sites excluding steroid dienone is 6. The first-order chi connectivity index (χ1) is 19.5. The summed E-state index contributed by atoms with van der Waals surface area (Å²) in [4.78, 5) is 14.8. The number of likely N-dealkylation sites (N-methyl/N-ethyl adjacent to an activating group) is 1. The molecule has 1 atom stereocenters. The zero-order valence-corrected chi connectivity index (χ0v) is 27.4. The van der Waals surface area contributed by atoms with Gasteiger partial charge in [0.1, 0.15) is 6.10 Å². The maximum absolute atomic E-state index is 12.8. The van der Waals surface area contributed by atoms with Crippen LogP contribution in [0.3, 0.4) is 0 Å². The number of hydrogen-bond donors (Lipinski definition) is 1. The molecule has 4 nitrogen and oxygen atoms in total. The number of carbonyl (C=O) groups is 1. The van der Waals surface area contributed by atoms with Crippen molar-refractivity contribution in [2.75, 3.05) is 27.2 Å². The predicted octanol–water partition coefficient (Wildman–Crippen LogP) is 10.8. The van der Waals surface area contributed by atoms with Crippen molar-refractivity contribution in [2.45, 2.75) is 155 Å². The Labute approximate surface area is 250 Å². The summed E-state index contributed by atoms with van der Waals surface area (Å²) < 4.78 is 6.15. The Balaban J connectivity index is 5.12. The average molecular weight is 561 g/mol. The summed E-state index contributed by atoms with van der Waals surface area (Å²) in [7, 11) is 4.05. The van der Waals surface area contributed by atoms with Crippen LogP contribution < -0.4 is 5.32 Å². The molecule has 0 aromatic carbocycles. The topological polar surface area (TPSA) is 41.6 Å². The molecule has 1 N–H and O–H groups in total. The van der Waals surface area contributed by atoms with Gasteiger partial charge in [-0.1, -0.05) is 95.8 Å². The third kappa shape index (κ3) is 26.7. The van der Waals surface area contributed by atoms with Crippen LogP contribution in [0.1, 0.15) is 149 Å². The lowest BCUT2D eigenvalue weighted by Gasteiger charge is -2.27. The van der Waals surface area contributed by atoms with Crippen LogP contribution in [0.5, 0.6) is 0 Å². The van der Waals surface area contributed by atoms with E-state index in [9.17, 15) is 4.79 Å². The second kappa shape index (κ2) is 30.4. The normalized spacial score (nSPS) is 13.0. The number of ether oxygens (including phenoxy) is 1. The molecule has 0 aromatic heterocycles. The number of nitrogens with zero attached hydrogens (tertiary/aromatic N) is 1. The molecule has 40 heavy (non-hydrogen) atoms. The molecular weight excluding hydrogens is 492 g/mol. The Morgan fingerprint density at radius 2 is 1.05 bits per heavy atom. The van der Waals surface area contributed by atoms with Gasteiger partial charge in [0.25, 0.3) is 0 Å². The minimum absolute atomic E-state index is 0.0262. The molecule has 0 aliphatic heterocycles. The highest BCUT2D eigenvalue weighted by Crippen LogP contribution is 2.26. The molecule has 234 valence electrons. The summed E-state index contributed by atoms with van der Waals surface area (Å²) in [6, 6.07) is 0. The Morgan fingerprint density at radius 3 is 1.48 bits per heavy atom. The molecule has 1 amide bonds. The van der Waals surface area contributed by atoms with Crippen molar-refractivity contribution < 1.29 is 9.53 Å². The van der Waals surface area contributed by atoms with Gasteiger partial charge in [-0.15, -0.1) is 0 Å². The summed E-state index contributed by atoms with van der Waals surface area (Å²) in [6.45, 7) is 8.20. The molecule has 0 saturated heterocycles. The molecule has 0 aliphatic rings. The highest BCUT2D eigenvalue weighted by Gasteiger charge is 2.24. The minimum atomic E-state index is -0.254. The van der Waals surface area contributed by atoms with Gasteiger partial charge in [-0.25, -0.2) is 4.79 Å². The number of carbonyl (C=O) groups excluding carboxylic acids is 1. The molecule has 0 bridgehead atoms. The van der Waals surface area contributed by atoms with E-state index in [-0.39, 0.29) is 12.2 Å². The van der Waals surface area contributed by atoms with Gasteiger partial charge in [-0.2, -0.15) is 0 Å². The van der Waals surface area contributed by atoms with E-state index in [0.717, 1.165) is 64.3 Å². The number of hydrogen-bond acceptors (Lipinski definition) is 3. The number of unbranched alkanes of at least 4 members (excludes halogenated alkanes) is 11. The van der Waals surface area contributed by atoms with Gasteiger partial charge in [0.05, 0.1) is 0 Å². The molecule has 0 radical (unpaired) electrons. The Morgan fingerprint density at radius 1 is 0.625 bits per heavy atom. The van der Waals surface area contributed by atoms with Gasteiger partial charge in [0.2, 0.25) is 0 Å². The summed E-state index contributed by atoms with van der Waals surface area (Å²) in [5.74, 6) is 0.412. The van der Waals surface area contributed by atoms with Crippen LogP contribution in [-0.4, -0.2) is 44.3 Å². The average Bonchev–Trinajstić information content (AvgIpc) is 2.93. The lowest BCUT2D eigenvalue weighted by Crippen LogP contribution is -2.36. The fraction of sp³-hybridized carbons (Fsp3) is 0.806. The molecule has 1 unspecified atom stereocenters. The summed E-state index contributed by atoms with van der Waals surface area (Å²) in [6.07, 6.45) is 37.7. The molecule has 0 aromatic rings. The maximum atomic E-state index is 12.8. The monoisotopic (exact) mass is 561 g/mol. The second-order valence-electron chi connectivity index (χ2n) is 11.8. The summed E-state index contributed by atoms with van der Waals surface area (Å²) >= 11 is 0. The summed E-state index contributed by atoms with van der Waals surface area (Å²) in [5.41, 5.74) is 0. The van der Waals surface area contributed by atoms with Crippen LogP contribution in [0.15, 0.2) is 36.5 Å². The summed E-state index contributed by atoms with van der Waals surface area (Å²) in [5, 5.41) is 2.98. The van der Waals surface area contributed by atoms with E-state index in [1.54, 1.807) is 0 Å². The fourth-order valence-corrected chi connectivity index (χ4v) is 4.97. The molecular formula is C36H68N2O2. The maximum Gasteiger partial charge on any atom is 0.407 e. The zero-order chi connectivity index (χ0) is 29.5. The second-order valence-corrected chi connectivity index (χ2v) is 11.8. The zero-order valence-electron chi connectivity index (χ0n) is 27.4. The Bertz CT molecular complexity index is 600. The van der Waals surface area contributed by atoms with E-state index in [1.165, 1.54) is 70.6 Å². The molecule has 0 fully saturated rings. The SMILES string of the molecule is CCCCC/C=C/CCCC(CCC/C=C/CCCCC)C(CC/C=C/CCCCC)OC(=O)NCCN(C)C. The standard InChI is InChI=1S/C36H68N2O2/c1-6-9-12-15-18-21-23-26-29-34(30-27-24-22-19-16-13-10-7-2)35(31-28-25-20-17-14-11-8-3)40-36(39)37-32-33-38(4)5/h18-22,25,34-35H,6-17,23-24,26-33H2,1-5H3,(H,37,39)/b21-18+,22-19+,25-20+. The molecule has 0 spiro atoms. The smallest absolute Gasteiger partial charge is 0.407 e. The van der Waals surface area contributed by atoms with Crippen molar-refractivity contribution in [2.24, 2.45) is 5.92 Å². The lowest BCUT2D eigenvalue weighted by atomic mass is 9.88. The van der Waals surface area contributed by atoms with Crippen LogP contribution >= 0.6 is 0 Å². The molecule has 0 rings (SSSR count).